The van der Waals surface area contributed by atoms with Gasteiger partial charge in [0.15, 0.2) is 0 Å². The monoisotopic (exact) mass is 253 g/mol. The lowest BCUT2D eigenvalue weighted by atomic mass is 9.85. The van der Waals surface area contributed by atoms with E-state index in [2.05, 4.69) is 36.3 Å². The van der Waals surface area contributed by atoms with Crippen molar-refractivity contribution in [3.05, 3.63) is 0 Å². The second-order valence-corrected chi connectivity index (χ2v) is 6.74. The predicted octanol–water partition coefficient (Wildman–Crippen LogP) is 0.975. The zero-order valence-electron chi connectivity index (χ0n) is 12.0. The summed E-state index contributed by atoms with van der Waals surface area (Å²) in [7, 11) is 0. The minimum absolute atomic E-state index is 0.205. The first-order valence-electron chi connectivity index (χ1n) is 7.21. The normalized spacial score (nSPS) is 29.8. The average molecular weight is 253 g/mol. The molecular formula is C14H27N3O. The molecule has 18 heavy (non-hydrogen) atoms. The first-order valence-corrected chi connectivity index (χ1v) is 7.21. The van der Waals surface area contributed by atoms with E-state index in [0.717, 1.165) is 45.4 Å². The van der Waals surface area contributed by atoms with Crippen molar-refractivity contribution in [3.63, 3.8) is 0 Å². The second-order valence-electron chi connectivity index (χ2n) is 6.74. The molecule has 2 unspecified atom stereocenters. The molecule has 2 aliphatic heterocycles. The Morgan fingerprint density at radius 1 is 1.39 bits per heavy atom. The van der Waals surface area contributed by atoms with Crippen LogP contribution in [0.25, 0.3) is 0 Å². The summed E-state index contributed by atoms with van der Waals surface area (Å²) in [5, 5.41) is 6.67. The van der Waals surface area contributed by atoms with Gasteiger partial charge in [-0.25, -0.2) is 0 Å². The van der Waals surface area contributed by atoms with E-state index in [9.17, 15) is 4.79 Å². The molecule has 0 bridgehead atoms. The summed E-state index contributed by atoms with van der Waals surface area (Å²) < 4.78 is 0. The van der Waals surface area contributed by atoms with Crippen LogP contribution in [0.15, 0.2) is 0 Å². The zero-order chi connectivity index (χ0) is 13.2. The van der Waals surface area contributed by atoms with Crippen molar-refractivity contribution in [3.8, 4) is 0 Å². The number of hydrogen-bond donors (Lipinski definition) is 2. The van der Waals surface area contributed by atoms with Gasteiger partial charge in [-0.15, -0.1) is 0 Å². The molecule has 0 aromatic carbocycles. The van der Waals surface area contributed by atoms with E-state index in [0.29, 0.717) is 12.0 Å². The van der Waals surface area contributed by atoms with Crippen molar-refractivity contribution in [2.75, 3.05) is 26.2 Å². The predicted molar refractivity (Wildman–Crippen MR) is 73.5 cm³/mol. The largest absolute Gasteiger partial charge is 0.353 e. The lowest BCUT2D eigenvalue weighted by molar-refractivity contribution is -0.125. The molecule has 0 aromatic rings. The summed E-state index contributed by atoms with van der Waals surface area (Å²) in [4.78, 5) is 13.9. The van der Waals surface area contributed by atoms with Crippen LogP contribution >= 0.6 is 0 Å². The summed E-state index contributed by atoms with van der Waals surface area (Å²) in [6.07, 6.45) is 2.90. The molecule has 2 heterocycles. The van der Waals surface area contributed by atoms with Gasteiger partial charge >= 0.3 is 0 Å². The summed E-state index contributed by atoms with van der Waals surface area (Å²) in [6.45, 7) is 11.0. The van der Waals surface area contributed by atoms with E-state index in [4.69, 9.17) is 0 Å². The lowest BCUT2D eigenvalue weighted by Crippen LogP contribution is -2.55. The maximum Gasteiger partial charge on any atom is 0.220 e. The molecule has 4 heteroatoms. The second kappa shape index (κ2) is 5.57. The molecule has 2 atom stereocenters. The third kappa shape index (κ3) is 3.95. The molecule has 2 saturated heterocycles. The molecule has 2 aliphatic rings. The van der Waals surface area contributed by atoms with Crippen LogP contribution in [-0.2, 0) is 4.79 Å². The summed E-state index contributed by atoms with van der Waals surface area (Å²) in [5.74, 6) is 0.921. The fourth-order valence-corrected chi connectivity index (χ4v) is 2.98. The number of rotatable bonds is 3. The van der Waals surface area contributed by atoms with Gasteiger partial charge in [-0.1, -0.05) is 0 Å². The van der Waals surface area contributed by atoms with Gasteiger partial charge in [-0.2, -0.15) is 0 Å². The highest BCUT2D eigenvalue weighted by molar-refractivity contribution is 5.77. The third-order valence-corrected chi connectivity index (χ3v) is 3.99. The van der Waals surface area contributed by atoms with Gasteiger partial charge in [0, 0.05) is 44.2 Å². The molecule has 4 nitrogen and oxygen atoms in total. The Balaban J connectivity index is 1.72. The van der Waals surface area contributed by atoms with Gasteiger partial charge in [-0.3, -0.25) is 4.79 Å². The number of amides is 1. The van der Waals surface area contributed by atoms with Crippen LogP contribution in [-0.4, -0.2) is 48.6 Å². The van der Waals surface area contributed by atoms with Gasteiger partial charge in [0.05, 0.1) is 0 Å². The van der Waals surface area contributed by atoms with Crippen LogP contribution in [0, 0.1) is 5.92 Å². The SMILES string of the molecule is CC(C)(C)NCCN1CCC2NC(=O)CCC2C1. The number of likely N-dealkylation sites (tertiary alicyclic amines) is 1. The smallest absolute Gasteiger partial charge is 0.220 e. The van der Waals surface area contributed by atoms with Gasteiger partial charge < -0.3 is 15.5 Å². The van der Waals surface area contributed by atoms with Crippen LogP contribution in [0.5, 0.6) is 0 Å². The zero-order valence-corrected chi connectivity index (χ0v) is 12.0. The quantitative estimate of drug-likeness (QED) is 0.788. The minimum Gasteiger partial charge on any atom is -0.353 e. The standard InChI is InChI=1S/C14H27N3O/c1-14(2,3)15-7-9-17-8-6-12-11(10-17)4-5-13(18)16-12/h11-12,15H,4-10H2,1-3H3,(H,16,18). The van der Waals surface area contributed by atoms with E-state index in [-0.39, 0.29) is 11.4 Å². The highest BCUT2D eigenvalue weighted by atomic mass is 16.1. The number of carbonyl (C=O) groups is 1. The fourth-order valence-electron chi connectivity index (χ4n) is 2.98. The third-order valence-electron chi connectivity index (χ3n) is 3.99. The maximum atomic E-state index is 11.3. The van der Waals surface area contributed by atoms with Crippen molar-refractivity contribution in [1.82, 2.24) is 15.5 Å². The Morgan fingerprint density at radius 2 is 2.17 bits per heavy atom. The van der Waals surface area contributed by atoms with Gasteiger partial charge in [0.2, 0.25) is 5.91 Å². The Bertz CT molecular complexity index is 298. The Morgan fingerprint density at radius 3 is 2.89 bits per heavy atom. The molecule has 0 radical (unpaired) electrons. The van der Waals surface area contributed by atoms with Crippen LogP contribution < -0.4 is 10.6 Å². The fraction of sp³-hybridized carbons (Fsp3) is 0.929. The van der Waals surface area contributed by atoms with Crippen molar-refractivity contribution in [2.45, 2.75) is 51.6 Å². The molecule has 2 fully saturated rings. The molecule has 104 valence electrons. The number of piperidine rings is 2. The summed E-state index contributed by atoms with van der Waals surface area (Å²) in [6, 6.07) is 0.443. The Kier molecular flexibility index (Phi) is 4.28. The van der Waals surface area contributed by atoms with E-state index >= 15 is 0 Å². The highest BCUT2D eigenvalue weighted by Crippen LogP contribution is 2.24. The molecule has 0 aliphatic carbocycles. The first-order chi connectivity index (χ1) is 8.44. The van der Waals surface area contributed by atoms with E-state index in [1.54, 1.807) is 0 Å². The molecule has 2 rings (SSSR count). The molecule has 0 spiro atoms. The van der Waals surface area contributed by atoms with E-state index < -0.39 is 0 Å². The number of fused-ring (bicyclic) bond motifs is 1. The number of carbonyl (C=O) groups excluding carboxylic acids is 1. The van der Waals surface area contributed by atoms with Gasteiger partial charge in [0.25, 0.3) is 0 Å². The number of nitrogens with one attached hydrogen (secondary N) is 2. The molecule has 2 N–H and O–H groups in total. The Labute approximate surface area is 110 Å². The van der Waals surface area contributed by atoms with Crippen LogP contribution in [0.3, 0.4) is 0 Å². The first kappa shape index (κ1) is 13.8. The maximum absolute atomic E-state index is 11.3. The van der Waals surface area contributed by atoms with E-state index in [1.165, 1.54) is 0 Å². The van der Waals surface area contributed by atoms with E-state index in [1.807, 2.05) is 0 Å². The number of hydrogen-bond acceptors (Lipinski definition) is 3. The van der Waals surface area contributed by atoms with Crippen LogP contribution in [0.4, 0.5) is 0 Å². The van der Waals surface area contributed by atoms with Gasteiger partial charge in [-0.05, 0) is 39.5 Å². The summed E-state index contributed by atoms with van der Waals surface area (Å²) >= 11 is 0. The average Bonchev–Trinajstić information content (AvgIpc) is 2.27. The van der Waals surface area contributed by atoms with Crippen molar-refractivity contribution < 1.29 is 4.79 Å². The molecule has 1 amide bonds. The van der Waals surface area contributed by atoms with Crippen molar-refractivity contribution in [1.29, 1.82) is 0 Å². The van der Waals surface area contributed by atoms with Gasteiger partial charge in [0.1, 0.15) is 0 Å². The number of nitrogens with zero attached hydrogens (tertiary/aromatic N) is 1. The topological polar surface area (TPSA) is 44.4 Å². The lowest BCUT2D eigenvalue weighted by Gasteiger charge is -2.41. The summed E-state index contributed by atoms with van der Waals surface area (Å²) in [5.41, 5.74) is 0.205. The molecule has 0 saturated carbocycles. The highest BCUT2D eigenvalue weighted by Gasteiger charge is 2.33. The molecular weight excluding hydrogens is 226 g/mol. The minimum atomic E-state index is 0.205. The van der Waals surface area contributed by atoms with Crippen LogP contribution in [0.2, 0.25) is 0 Å². The molecule has 0 aromatic heterocycles. The van der Waals surface area contributed by atoms with Crippen molar-refractivity contribution in [2.24, 2.45) is 5.92 Å². The Hall–Kier alpha value is -0.610. The van der Waals surface area contributed by atoms with Crippen molar-refractivity contribution >= 4 is 5.91 Å². The van der Waals surface area contributed by atoms with Crippen LogP contribution in [0.1, 0.15) is 40.0 Å².